The standard InChI is InChI=1S/C11H19N3O2/c1-5-9-12-6-8(13-9)10(15)14(4)7-11(2,3)16/h6,16H,5,7H2,1-4H3,(H,12,13). The Morgan fingerprint density at radius 2 is 2.25 bits per heavy atom. The van der Waals surface area contributed by atoms with E-state index in [-0.39, 0.29) is 12.5 Å². The summed E-state index contributed by atoms with van der Waals surface area (Å²) in [5.74, 6) is 0.634. The van der Waals surface area contributed by atoms with E-state index in [2.05, 4.69) is 9.97 Å². The first kappa shape index (κ1) is 12.7. The van der Waals surface area contributed by atoms with E-state index < -0.39 is 5.60 Å². The Morgan fingerprint density at radius 1 is 1.62 bits per heavy atom. The molecule has 1 heterocycles. The van der Waals surface area contributed by atoms with Crippen LogP contribution < -0.4 is 0 Å². The molecule has 1 rings (SSSR count). The van der Waals surface area contributed by atoms with E-state index in [0.29, 0.717) is 5.69 Å². The van der Waals surface area contributed by atoms with Crippen LogP contribution in [0.3, 0.4) is 0 Å². The molecule has 0 atom stereocenters. The van der Waals surface area contributed by atoms with Gasteiger partial charge < -0.3 is 15.0 Å². The van der Waals surface area contributed by atoms with E-state index in [1.54, 1.807) is 20.9 Å². The zero-order chi connectivity index (χ0) is 12.3. The quantitative estimate of drug-likeness (QED) is 0.797. The van der Waals surface area contributed by atoms with E-state index in [9.17, 15) is 9.90 Å². The first-order chi connectivity index (χ1) is 7.33. The lowest BCUT2D eigenvalue weighted by Crippen LogP contribution is -2.39. The van der Waals surface area contributed by atoms with Crippen LogP contribution in [0.25, 0.3) is 0 Å². The van der Waals surface area contributed by atoms with Crippen molar-refractivity contribution in [1.82, 2.24) is 14.9 Å². The lowest BCUT2D eigenvalue weighted by molar-refractivity contribution is 0.0365. The molecule has 1 aromatic heterocycles. The van der Waals surface area contributed by atoms with E-state index >= 15 is 0 Å². The van der Waals surface area contributed by atoms with Crippen molar-refractivity contribution in [2.24, 2.45) is 0 Å². The van der Waals surface area contributed by atoms with Gasteiger partial charge in [0.15, 0.2) is 0 Å². The van der Waals surface area contributed by atoms with Gasteiger partial charge in [0.2, 0.25) is 0 Å². The van der Waals surface area contributed by atoms with Gasteiger partial charge in [0.25, 0.3) is 5.91 Å². The van der Waals surface area contributed by atoms with Crippen LogP contribution in [0.5, 0.6) is 0 Å². The van der Waals surface area contributed by atoms with Crippen LogP contribution in [-0.2, 0) is 6.42 Å². The molecule has 0 spiro atoms. The predicted octanol–water partition coefficient (Wildman–Crippen LogP) is 0.815. The third-order valence-corrected chi connectivity index (χ3v) is 2.16. The van der Waals surface area contributed by atoms with Crippen molar-refractivity contribution in [3.63, 3.8) is 0 Å². The number of aromatic nitrogens is 2. The van der Waals surface area contributed by atoms with Crippen molar-refractivity contribution in [3.05, 3.63) is 17.7 Å². The highest BCUT2D eigenvalue weighted by atomic mass is 16.3. The number of hydrogen-bond donors (Lipinski definition) is 2. The zero-order valence-electron chi connectivity index (χ0n) is 10.2. The molecule has 0 fully saturated rings. The predicted molar refractivity (Wildman–Crippen MR) is 61.2 cm³/mol. The van der Waals surface area contributed by atoms with Gasteiger partial charge >= 0.3 is 0 Å². The molecule has 5 heteroatoms. The van der Waals surface area contributed by atoms with Crippen LogP contribution in [0.1, 0.15) is 37.1 Å². The Balaban J connectivity index is 2.70. The molecule has 0 bridgehead atoms. The average molecular weight is 225 g/mol. The summed E-state index contributed by atoms with van der Waals surface area (Å²) in [6.07, 6.45) is 2.30. The van der Waals surface area contributed by atoms with Crippen LogP contribution in [0.4, 0.5) is 0 Å². The number of carbonyl (C=O) groups excluding carboxylic acids is 1. The van der Waals surface area contributed by atoms with Gasteiger partial charge in [-0.15, -0.1) is 0 Å². The second-order valence-electron chi connectivity index (χ2n) is 4.57. The van der Waals surface area contributed by atoms with Gasteiger partial charge in [-0.1, -0.05) is 6.92 Å². The molecule has 16 heavy (non-hydrogen) atoms. The fraction of sp³-hybridized carbons (Fsp3) is 0.636. The molecule has 5 nitrogen and oxygen atoms in total. The van der Waals surface area contributed by atoms with Crippen molar-refractivity contribution in [2.45, 2.75) is 32.8 Å². The number of imidazole rings is 1. The minimum Gasteiger partial charge on any atom is -0.389 e. The molecule has 0 aliphatic rings. The van der Waals surface area contributed by atoms with Gasteiger partial charge in [0.05, 0.1) is 11.8 Å². The zero-order valence-corrected chi connectivity index (χ0v) is 10.2. The van der Waals surface area contributed by atoms with Gasteiger partial charge in [-0.2, -0.15) is 0 Å². The molecule has 0 saturated carbocycles. The number of aliphatic hydroxyl groups is 1. The van der Waals surface area contributed by atoms with E-state index in [0.717, 1.165) is 12.2 Å². The summed E-state index contributed by atoms with van der Waals surface area (Å²) in [6, 6.07) is 0. The molecule has 0 saturated heterocycles. The molecular formula is C11H19N3O2. The highest BCUT2D eigenvalue weighted by molar-refractivity contribution is 5.92. The Bertz CT molecular complexity index is 366. The molecule has 90 valence electrons. The van der Waals surface area contributed by atoms with Crippen molar-refractivity contribution < 1.29 is 9.90 Å². The van der Waals surface area contributed by atoms with Gasteiger partial charge in [-0.25, -0.2) is 4.98 Å². The summed E-state index contributed by atoms with van der Waals surface area (Å²) >= 11 is 0. The van der Waals surface area contributed by atoms with Gasteiger partial charge in [-0.3, -0.25) is 4.79 Å². The number of amides is 1. The van der Waals surface area contributed by atoms with Crippen LogP contribution in [0, 0.1) is 0 Å². The van der Waals surface area contributed by atoms with Gasteiger partial charge in [0.1, 0.15) is 11.5 Å². The number of aromatic amines is 1. The van der Waals surface area contributed by atoms with Gasteiger partial charge in [0, 0.05) is 20.0 Å². The third kappa shape index (κ3) is 3.34. The van der Waals surface area contributed by atoms with Crippen molar-refractivity contribution >= 4 is 5.91 Å². The van der Waals surface area contributed by atoms with E-state index in [4.69, 9.17) is 0 Å². The maximum Gasteiger partial charge on any atom is 0.271 e. The van der Waals surface area contributed by atoms with Crippen molar-refractivity contribution in [3.8, 4) is 0 Å². The van der Waals surface area contributed by atoms with Crippen LogP contribution >= 0.6 is 0 Å². The van der Waals surface area contributed by atoms with Crippen LogP contribution in [-0.4, -0.2) is 45.1 Å². The molecule has 1 aromatic rings. The Labute approximate surface area is 95.5 Å². The van der Waals surface area contributed by atoms with Crippen molar-refractivity contribution in [2.75, 3.05) is 13.6 Å². The number of nitrogens with one attached hydrogen (secondary N) is 1. The lowest BCUT2D eigenvalue weighted by Gasteiger charge is -2.25. The monoisotopic (exact) mass is 225 g/mol. The molecule has 1 amide bonds. The molecule has 2 N–H and O–H groups in total. The molecule has 0 aliphatic heterocycles. The first-order valence-corrected chi connectivity index (χ1v) is 5.35. The smallest absolute Gasteiger partial charge is 0.271 e. The highest BCUT2D eigenvalue weighted by Gasteiger charge is 2.21. The van der Waals surface area contributed by atoms with Crippen molar-refractivity contribution in [1.29, 1.82) is 0 Å². The summed E-state index contributed by atoms with van der Waals surface area (Å²) in [4.78, 5) is 20.4. The minimum atomic E-state index is -0.891. The topological polar surface area (TPSA) is 69.2 Å². The number of likely N-dealkylation sites (N-methyl/N-ethyl adjacent to an activating group) is 1. The average Bonchev–Trinajstić information content (AvgIpc) is 2.61. The first-order valence-electron chi connectivity index (χ1n) is 5.35. The van der Waals surface area contributed by atoms with Crippen LogP contribution in [0.15, 0.2) is 6.20 Å². The maximum absolute atomic E-state index is 11.9. The molecule has 0 aromatic carbocycles. The number of aryl methyl sites for hydroxylation is 1. The summed E-state index contributed by atoms with van der Waals surface area (Å²) in [7, 11) is 1.66. The van der Waals surface area contributed by atoms with E-state index in [1.807, 2.05) is 6.92 Å². The molecule has 0 radical (unpaired) electrons. The second kappa shape index (κ2) is 4.65. The summed E-state index contributed by atoms with van der Waals surface area (Å²) in [5.41, 5.74) is -0.429. The number of nitrogens with zero attached hydrogens (tertiary/aromatic N) is 2. The SMILES string of the molecule is CCc1ncc(C(=O)N(C)CC(C)(C)O)[nH]1. The normalized spacial score (nSPS) is 11.6. The van der Waals surface area contributed by atoms with Crippen LogP contribution in [0.2, 0.25) is 0 Å². The summed E-state index contributed by atoms with van der Waals surface area (Å²) in [6.45, 7) is 5.59. The fourth-order valence-electron chi connectivity index (χ4n) is 1.51. The van der Waals surface area contributed by atoms with Gasteiger partial charge in [-0.05, 0) is 13.8 Å². The Kier molecular flexibility index (Phi) is 3.70. The Hall–Kier alpha value is -1.36. The molecule has 0 unspecified atom stereocenters. The minimum absolute atomic E-state index is 0.158. The number of rotatable bonds is 4. The van der Waals surface area contributed by atoms with E-state index in [1.165, 1.54) is 11.1 Å². The number of hydrogen-bond acceptors (Lipinski definition) is 3. The maximum atomic E-state index is 11.9. The summed E-state index contributed by atoms with van der Waals surface area (Å²) in [5, 5.41) is 9.62. The molecule has 0 aliphatic carbocycles. The highest BCUT2D eigenvalue weighted by Crippen LogP contribution is 2.07. The third-order valence-electron chi connectivity index (χ3n) is 2.16. The largest absolute Gasteiger partial charge is 0.389 e. The number of H-pyrrole nitrogens is 1. The summed E-state index contributed by atoms with van der Waals surface area (Å²) < 4.78 is 0. The Morgan fingerprint density at radius 3 is 2.69 bits per heavy atom. The number of carbonyl (C=O) groups is 1. The molecular weight excluding hydrogens is 206 g/mol. The lowest BCUT2D eigenvalue weighted by atomic mass is 10.1. The fourth-order valence-corrected chi connectivity index (χ4v) is 1.51. The second-order valence-corrected chi connectivity index (χ2v) is 4.57.